The normalized spacial score (nSPS) is 15.6. The highest BCUT2D eigenvalue weighted by atomic mass is 32.1. The maximum atomic E-state index is 5.09. The fourth-order valence-electron chi connectivity index (χ4n) is 8.03. The molecule has 8 aromatic rings. The molecule has 0 fully saturated rings. The van der Waals surface area contributed by atoms with Gasteiger partial charge in [-0.25, -0.2) is 15.0 Å². The number of nitrogens with zero attached hydrogens (tertiary/aromatic N) is 4. The highest BCUT2D eigenvalue weighted by Crippen LogP contribution is 2.61. The number of thiophene rings is 1. The number of benzene rings is 5. The molecule has 0 aliphatic heterocycles. The van der Waals surface area contributed by atoms with Crippen LogP contribution in [0.15, 0.2) is 134 Å². The number of aromatic nitrogens is 4. The smallest absolute Gasteiger partial charge is 0.165 e. The van der Waals surface area contributed by atoms with Crippen LogP contribution in [0.4, 0.5) is 0 Å². The first-order chi connectivity index (χ1) is 25.0. The summed E-state index contributed by atoms with van der Waals surface area (Å²) >= 11 is 1.78. The molecule has 5 aromatic carbocycles. The van der Waals surface area contributed by atoms with Gasteiger partial charge in [0.05, 0.1) is 5.69 Å². The Morgan fingerprint density at radius 1 is 0.462 bits per heavy atom. The Morgan fingerprint density at radius 3 is 1.79 bits per heavy atom. The van der Waals surface area contributed by atoms with E-state index in [4.69, 9.17) is 19.9 Å². The second kappa shape index (κ2) is 11.8. The maximum absolute atomic E-state index is 5.09. The number of hydrogen-bond acceptors (Lipinski definition) is 5. The Labute approximate surface area is 309 Å². The minimum Gasteiger partial charge on any atom is -0.256 e. The van der Waals surface area contributed by atoms with E-state index in [0.717, 1.165) is 39.1 Å². The molecule has 0 unspecified atom stereocenters. The van der Waals surface area contributed by atoms with Crippen LogP contribution < -0.4 is 0 Å². The summed E-state index contributed by atoms with van der Waals surface area (Å²) in [5.41, 5.74) is 10.4. The van der Waals surface area contributed by atoms with Crippen LogP contribution in [-0.2, 0) is 10.8 Å². The molecular formula is C47H40N4S. The van der Waals surface area contributed by atoms with Crippen molar-refractivity contribution in [1.29, 1.82) is 0 Å². The molecule has 0 spiro atoms. The molecule has 0 bridgehead atoms. The second-order valence-corrected chi connectivity index (χ2v) is 16.6. The number of pyridine rings is 1. The van der Waals surface area contributed by atoms with Crippen molar-refractivity contribution in [3.63, 3.8) is 0 Å². The average molecular weight is 693 g/mol. The van der Waals surface area contributed by atoms with Gasteiger partial charge < -0.3 is 0 Å². The molecule has 0 amide bonds. The minimum absolute atomic E-state index is 0.0522. The Hall–Kier alpha value is -5.52. The second-order valence-electron chi connectivity index (χ2n) is 15.6. The molecule has 3 aromatic heterocycles. The lowest BCUT2D eigenvalue weighted by molar-refractivity contribution is 0.125. The highest BCUT2D eigenvalue weighted by molar-refractivity contribution is 7.26. The third kappa shape index (κ3) is 4.94. The van der Waals surface area contributed by atoms with Crippen LogP contribution in [0, 0.1) is 5.41 Å². The molecule has 3 heterocycles. The van der Waals surface area contributed by atoms with Crippen molar-refractivity contribution >= 4 is 31.5 Å². The molecular weight excluding hydrogens is 653 g/mol. The summed E-state index contributed by atoms with van der Waals surface area (Å²) in [7, 11) is 0. The van der Waals surface area contributed by atoms with Crippen LogP contribution in [0.1, 0.15) is 52.7 Å². The van der Waals surface area contributed by atoms with Crippen LogP contribution in [0.25, 0.3) is 76.7 Å². The van der Waals surface area contributed by atoms with E-state index >= 15 is 0 Å². The van der Waals surface area contributed by atoms with E-state index < -0.39 is 0 Å². The van der Waals surface area contributed by atoms with Crippen molar-refractivity contribution in [2.75, 3.05) is 0 Å². The highest BCUT2D eigenvalue weighted by Gasteiger charge is 2.56. The molecule has 0 radical (unpaired) electrons. The number of rotatable bonds is 5. The molecule has 0 saturated carbocycles. The van der Waals surface area contributed by atoms with E-state index in [1.54, 1.807) is 11.3 Å². The first-order valence-corrected chi connectivity index (χ1v) is 18.8. The molecule has 5 heteroatoms. The summed E-state index contributed by atoms with van der Waals surface area (Å²) in [5.74, 6) is 1.98. The third-order valence-electron chi connectivity index (χ3n) is 12.3. The third-order valence-corrected chi connectivity index (χ3v) is 13.6. The van der Waals surface area contributed by atoms with Crippen LogP contribution in [0.5, 0.6) is 0 Å². The Balaban J connectivity index is 1.06. The number of hydrogen-bond donors (Lipinski definition) is 0. The summed E-state index contributed by atoms with van der Waals surface area (Å²) in [4.78, 5) is 20.1. The van der Waals surface area contributed by atoms with Crippen LogP contribution in [0.3, 0.4) is 0 Å². The zero-order valence-corrected chi connectivity index (χ0v) is 31.2. The maximum Gasteiger partial charge on any atom is 0.165 e. The van der Waals surface area contributed by atoms with E-state index in [1.807, 2.05) is 36.5 Å². The van der Waals surface area contributed by atoms with Gasteiger partial charge in [-0.15, -0.1) is 11.3 Å². The van der Waals surface area contributed by atoms with E-state index in [-0.39, 0.29) is 16.2 Å². The quantitative estimate of drug-likeness (QED) is 0.180. The summed E-state index contributed by atoms with van der Waals surface area (Å²) in [5, 5.41) is 2.47. The van der Waals surface area contributed by atoms with Gasteiger partial charge in [-0.05, 0) is 57.2 Å². The molecule has 1 aliphatic rings. The molecule has 0 atom stereocenters. The lowest BCUT2D eigenvalue weighted by atomic mass is 9.59. The van der Waals surface area contributed by atoms with Gasteiger partial charge in [-0.3, -0.25) is 4.98 Å². The van der Waals surface area contributed by atoms with Gasteiger partial charge in [-0.1, -0.05) is 145 Å². The predicted octanol–water partition coefficient (Wildman–Crippen LogP) is 12.6. The van der Waals surface area contributed by atoms with Crippen LogP contribution in [-0.4, -0.2) is 19.9 Å². The molecule has 4 nitrogen and oxygen atoms in total. The molecule has 1 aliphatic carbocycles. The lowest BCUT2D eigenvalue weighted by Gasteiger charge is -2.44. The molecule has 9 rings (SSSR count). The van der Waals surface area contributed by atoms with E-state index in [2.05, 4.69) is 139 Å². The summed E-state index contributed by atoms with van der Waals surface area (Å²) in [6.07, 6.45) is 1.98. The topological polar surface area (TPSA) is 51.6 Å². The van der Waals surface area contributed by atoms with Gasteiger partial charge in [0, 0.05) is 54.2 Å². The van der Waals surface area contributed by atoms with Crippen molar-refractivity contribution in [3.05, 3.63) is 145 Å². The first kappa shape index (κ1) is 32.4. The van der Waals surface area contributed by atoms with Gasteiger partial charge in [0.2, 0.25) is 0 Å². The van der Waals surface area contributed by atoms with Crippen LogP contribution in [0.2, 0.25) is 0 Å². The van der Waals surface area contributed by atoms with E-state index in [9.17, 15) is 0 Å². The van der Waals surface area contributed by atoms with Gasteiger partial charge in [0.1, 0.15) is 0 Å². The Morgan fingerprint density at radius 2 is 1.06 bits per heavy atom. The molecule has 0 N–H and O–H groups in total. The van der Waals surface area contributed by atoms with Crippen molar-refractivity contribution in [1.82, 2.24) is 19.9 Å². The number of fused-ring (bicyclic) bond motifs is 4. The SMILES string of the molecule is CC1(C)c2ccc(-c3ccc(-c4ccc(-c5nc(-c6ccccc6)nc(-c6cccc7c6sc6ccccc67)n5)cc4)cn3)cc2C(C)(C)C1(C)C. The van der Waals surface area contributed by atoms with Gasteiger partial charge in [0.15, 0.2) is 17.5 Å². The fourth-order valence-corrected chi connectivity index (χ4v) is 9.24. The standard InChI is InChI=1S/C47H40N4S/c1-45(2)37-25-23-32(27-38(37)46(3,4)47(45,5)6)39-26-24-33(28-48-39)29-19-21-31(22-20-29)43-49-42(30-13-8-7-9-14-30)50-44(51-43)36-17-12-16-35-34-15-10-11-18-40(34)52-41(35)36/h7-28H,1-6H3. The largest absolute Gasteiger partial charge is 0.256 e. The summed E-state index contributed by atoms with van der Waals surface area (Å²) < 4.78 is 2.44. The predicted molar refractivity (Wildman–Crippen MR) is 218 cm³/mol. The van der Waals surface area contributed by atoms with Crippen molar-refractivity contribution in [3.8, 4) is 56.5 Å². The Bertz CT molecular complexity index is 2630. The van der Waals surface area contributed by atoms with Gasteiger partial charge in [0.25, 0.3) is 0 Å². The minimum atomic E-state index is 0.0522. The summed E-state index contributed by atoms with van der Waals surface area (Å²) in [6.45, 7) is 14.3. The van der Waals surface area contributed by atoms with E-state index in [0.29, 0.717) is 17.5 Å². The Kier molecular flexibility index (Phi) is 7.32. The molecule has 254 valence electrons. The van der Waals surface area contributed by atoms with Crippen molar-refractivity contribution < 1.29 is 0 Å². The van der Waals surface area contributed by atoms with E-state index in [1.165, 1.54) is 31.3 Å². The molecule has 0 saturated heterocycles. The summed E-state index contributed by atoms with van der Waals surface area (Å²) in [6, 6.07) is 44.8. The molecule has 52 heavy (non-hydrogen) atoms. The average Bonchev–Trinajstić information content (AvgIpc) is 3.61. The van der Waals surface area contributed by atoms with Crippen molar-refractivity contribution in [2.24, 2.45) is 5.41 Å². The first-order valence-electron chi connectivity index (χ1n) is 18.0. The van der Waals surface area contributed by atoms with Gasteiger partial charge in [-0.2, -0.15) is 0 Å². The van der Waals surface area contributed by atoms with Gasteiger partial charge >= 0.3 is 0 Å². The zero-order valence-electron chi connectivity index (χ0n) is 30.4. The monoisotopic (exact) mass is 692 g/mol. The zero-order chi connectivity index (χ0) is 35.8. The van der Waals surface area contributed by atoms with Crippen LogP contribution >= 0.6 is 11.3 Å². The lowest BCUT2D eigenvalue weighted by Crippen LogP contribution is -2.42. The fraction of sp³-hybridized carbons (Fsp3) is 0.191. The van der Waals surface area contributed by atoms with Crippen molar-refractivity contribution in [2.45, 2.75) is 52.4 Å².